The first-order valence-electron chi connectivity index (χ1n) is 12.1. The smallest absolute Gasteiger partial charge is 0.338 e. The predicted octanol–water partition coefficient (Wildman–Crippen LogP) is 5.67. The maximum atomic E-state index is 13.7. The number of carbonyl (C=O) groups is 1. The Labute approximate surface area is 229 Å². The minimum atomic E-state index is -0.699. The number of thiazole rings is 1. The number of fused-ring (bicyclic) bond motifs is 1. The van der Waals surface area contributed by atoms with E-state index in [0.717, 1.165) is 24.2 Å². The van der Waals surface area contributed by atoms with E-state index in [-0.39, 0.29) is 11.7 Å². The van der Waals surface area contributed by atoms with E-state index in [0.29, 0.717) is 42.8 Å². The molecule has 0 saturated carbocycles. The summed E-state index contributed by atoms with van der Waals surface area (Å²) in [6, 6.07) is 11.9. The third-order valence-corrected chi connectivity index (χ3v) is 7.34. The molecule has 1 aliphatic rings. The first kappa shape index (κ1) is 27.2. The highest BCUT2D eigenvalue weighted by Gasteiger charge is 2.33. The monoisotopic (exact) mass is 558 g/mol. The van der Waals surface area contributed by atoms with Gasteiger partial charge in [-0.1, -0.05) is 66.1 Å². The Bertz CT molecular complexity index is 1520. The van der Waals surface area contributed by atoms with E-state index in [2.05, 4.69) is 11.9 Å². The molecular formula is C28H28Cl2N2O4S. The third-order valence-electron chi connectivity index (χ3n) is 5.80. The van der Waals surface area contributed by atoms with Crippen LogP contribution in [0.2, 0.25) is 10.0 Å². The van der Waals surface area contributed by atoms with Crippen molar-refractivity contribution < 1.29 is 14.3 Å². The number of aromatic nitrogens is 1. The molecule has 0 aliphatic carbocycles. The maximum Gasteiger partial charge on any atom is 0.338 e. The number of hydrogen-bond acceptors (Lipinski definition) is 6. The molecule has 0 radical (unpaired) electrons. The van der Waals surface area contributed by atoms with Crippen LogP contribution in [0.4, 0.5) is 0 Å². The number of esters is 1. The van der Waals surface area contributed by atoms with Crippen molar-refractivity contribution in [2.24, 2.45) is 4.99 Å². The van der Waals surface area contributed by atoms with Gasteiger partial charge in [-0.25, -0.2) is 9.79 Å². The Morgan fingerprint density at radius 1 is 1.19 bits per heavy atom. The topological polar surface area (TPSA) is 69.9 Å². The van der Waals surface area contributed by atoms with Crippen molar-refractivity contribution in [2.45, 2.75) is 52.7 Å². The molecule has 3 aromatic rings. The van der Waals surface area contributed by atoms with Crippen LogP contribution in [0.5, 0.6) is 5.75 Å². The van der Waals surface area contributed by atoms with Crippen LogP contribution < -0.4 is 19.6 Å². The fourth-order valence-corrected chi connectivity index (χ4v) is 5.52. The van der Waals surface area contributed by atoms with Crippen molar-refractivity contribution in [1.82, 2.24) is 4.57 Å². The lowest BCUT2D eigenvalue weighted by Crippen LogP contribution is -2.40. The van der Waals surface area contributed by atoms with E-state index >= 15 is 0 Å². The van der Waals surface area contributed by atoms with Crippen molar-refractivity contribution in [1.29, 1.82) is 0 Å². The van der Waals surface area contributed by atoms with Crippen molar-refractivity contribution in [3.8, 4) is 5.75 Å². The molecule has 6 nitrogen and oxygen atoms in total. The summed E-state index contributed by atoms with van der Waals surface area (Å²) < 4.78 is 13.4. The minimum absolute atomic E-state index is 0.273. The molecule has 1 aliphatic heterocycles. The number of rotatable bonds is 8. The number of ether oxygens (including phenoxy) is 2. The number of allylic oxidation sites excluding steroid dienone is 1. The summed E-state index contributed by atoms with van der Waals surface area (Å²) in [7, 11) is 0. The van der Waals surface area contributed by atoms with Crippen LogP contribution in [0.1, 0.15) is 57.7 Å². The molecule has 0 bridgehead atoms. The molecule has 0 saturated heterocycles. The molecule has 1 atom stereocenters. The zero-order valence-corrected chi connectivity index (χ0v) is 23.4. The fourth-order valence-electron chi connectivity index (χ4n) is 4.02. The highest BCUT2D eigenvalue weighted by molar-refractivity contribution is 7.07. The van der Waals surface area contributed by atoms with Crippen LogP contribution in [0.3, 0.4) is 0 Å². The molecule has 0 N–H and O–H groups in total. The lowest BCUT2D eigenvalue weighted by molar-refractivity contribution is -0.143. The van der Waals surface area contributed by atoms with E-state index < -0.39 is 12.0 Å². The Morgan fingerprint density at radius 2 is 1.92 bits per heavy atom. The molecule has 2 heterocycles. The summed E-state index contributed by atoms with van der Waals surface area (Å²) in [5, 5.41) is 0.945. The van der Waals surface area contributed by atoms with Gasteiger partial charge in [-0.3, -0.25) is 9.36 Å². The summed E-state index contributed by atoms with van der Waals surface area (Å²) in [6.45, 7) is 8.07. The van der Waals surface area contributed by atoms with Crippen LogP contribution >= 0.6 is 34.5 Å². The molecule has 194 valence electrons. The van der Waals surface area contributed by atoms with E-state index in [9.17, 15) is 9.59 Å². The number of hydrogen-bond donors (Lipinski definition) is 0. The van der Waals surface area contributed by atoms with Gasteiger partial charge in [-0.2, -0.15) is 0 Å². The Balaban J connectivity index is 1.85. The van der Waals surface area contributed by atoms with Gasteiger partial charge in [0, 0.05) is 10.0 Å². The highest BCUT2D eigenvalue weighted by atomic mass is 35.5. The summed E-state index contributed by atoms with van der Waals surface area (Å²) in [4.78, 5) is 32.1. The summed E-state index contributed by atoms with van der Waals surface area (Å²) in [5.74, 6) is 0.230. The van der Waals surface area contributed by atoms with Crippen LogP contribution in [0.25, 0.3) is 6.08 Å². The van der Waals surface area contributed by atoms with Crippen molar-refractivity contribution >= 4 is 46.6 Å². The van der Waals surface area contributed by atoms with Gasteiger partial charge in [-0.15, -0.1) is 0 Å². The molecule has 0 amide bonds. The van der Waals surface area contributed by atoms with Gasteiger partial charge < -0.3 is 9.47 Å². The van der Waals surface area contributed by atoms with Crippen molar-refractivity contribution in [2.75, 3.05) is 6.61 Å². The van der Waals surface area contributed by atoms with E-state index in [1.165, 1.54) is 11.3 Å². The number of nitrogens with zero attached hydrogens (tertiary/aromatic N) is 2. The van der Waals surface area contributed by atoms with Crippen LogP contribution in [0, 0.1) is 0 Å². The molecule has 1 aromatic heterocycles. The summed E-state index contributed by atoms with van der Waals surface area (Å²) in [5.41, 5.74) is 1.99. The summed E-state index contributed by atoms with van der Waals surface area (Å²) >= 11 is 13.6. The van der Waals surface area contributed by atoms with Gasteiger partial charge in [0.1, 0.15) is 5.75 Å². The zero-order chi connectivity index (χ0) is 26.7. The second-order valence-electron chi connectivity index (χ2n) is 8.97. The second-order valence-corrected chi connectivity index (χ2v) is 10.8. The average molecular weight is 560 g/mol. The number of carbonyl (C=O) groups excluding carboxylic acids is 1. The van der Waals surface area contributed by atoms with E-state index in [1.807, 2.05) is 24.3 Å². The lowest BCUT2D eigenvalue weighted by atomic mass is 9.96. The van der Waals surface area contributed by atoms with Crippen molar-refractivity contribution in [3.05, 3.63) is 94.6 Å². The Hall–Kier alpha value is -2.87. The maximum absolute atomic E-state index is 13.7. The molecular weight excluding hydrogens is 531 g/mol. The molecule has 0 fully saturated rings. The Kier molecular flexibility index (Phi) is 8.57. The highest BCUT2D eigenvalue weighted by Crippen LogP contribution is 2.32. The number of benzene rings is 2. The molecule has 37 heavy (non-hydrogen) atoms. The van der Waals surface area contributed by atoms with Gasteiger partial charge >= 0.3 is 5.97 Å². The summed E-state index contributed by atoms with van der Waals surface area (Å²) in [6.07, 6.45) is 3.40. The van der Waals surface area contributed by atoms with Gasteiger partial charge in [0.2, 0.25) is 0 Å². The molecule has 0 spiro atoms. The average Bonchev–Trinajstić information content (AvgIpc) is 3.14. The first-order valence-corrected chi connectivity index (χ1v) is 13.7. The largest absolute Gasteiger partial charge is 0.494 e. The Morgan fingerprint density at radius 3 is 2.57 bits per heavy atom. The van der Waals surface area contributed by atoms with Crippen LogP contribution in [-0.4, -0.2) is 23.2 Å². The first-order chi connectivity index (χ1) is 17.7. The third kappa shape index (κ3) is 6.00. The number of halogens is 2. The van der Waals surface area contributed by atoms with Crippen LogP contribution in [-0.2, 0) is 9.53 Å². The van der Waals surface area contributed by atoms with Gasteiger partial charge in [0.25, 0.3) is 5.56 Å². The fraction of sp³-hybridized carbons (Fsp3) is 0.321. The SMILES string of the molecule is CCCCOc1ccc(C2C(C(=O)OC(C)C)=C(C)N=c3sc(=Cc4ccc(Cl)cc4Cl)c(=O)n32)cc1. The molecule has 9 heteroatoms. The number of unbranched alkanes of at least 4 members (excludes halogenated alkanes) is 1. The van der Waals surface area contributed by atoms with E-state index in [4.69, 9.17) is 32.7 Å². The zero-order valence-electron chi connectivity index (χ0n) is 21.1. The lowest BCUT2D eigenvalue weighted by Gasteiger charge is -2.25. The quantitative estimate of drug-likeness (QED) is 0.263. The van der Waals surface area contributed by atoms with E-state index in [1.54, 1.807) is 49.6 Å². The second kappa shape index (κ2) is 11.7. The predicted molar refractivity (Wildman–Crippen MR) is 148 cm³/mol. The molecule has 2 aromatic carbocycles. The van der Waals surface area contributed by atoms with Gasteiger partial charge in [-0.05, 0) is 68.7 Å². The van der Waals surface area contributed by atoms with Crippen LogP contribution in [0.15, 0.2) is 63.5 Å². The van der Waals surface area contributed by atoms with Gasteiger partial charge in [0.05, 0.1) is 34.6 Å². The molecule has 1 unspecified atom stereocenters. The molecule has 4 rings (SSSR count). The van der Waals surface area contributed by atoms with Gasteiger partial charge in [0.15, 0.2) is 4.80 Å². The standard InChI is InChI=1S/C28H28Cl2N2O4S/c1-5-6-13-35-21-11-8-18(9-12-21)25-24(27(34)36-16(2)3)17(4)31-28-32(25)26(33)23(37-28)14-19-7-10-20(29)15-22(19)30/h7-12,14-16,25H,5-6,13H2,1-4H3. The van der Waals surface area contributed by atoms with Crippen molar-refractivity contribution in [3.63, 3.8) is 0 Å². The normalized spacial score (nSPS) is 15.5. The minimum Gasteiger partial charge on any atom is -0.494 e.